The van der Waals surface area contributed by atoms with Crippen molar-refractivity contribution in [1.29, 1.82) is 0 Å². The van der Waals surface area contributed by atoms with Gasteiger partial charge in [-0.25, -0.2) is 0 Å². The van der Waals surface area contributed by atoms with Crippen LogP contribution in [0.25, 0.3) is 0 Å². The minimum atomic E-state index is -0.516. The maximum atomic E-state index is 11.2. The summed E-state index contributed by atoms with van der Waals surface area (Å²) in [7, 11) is 0. The number of para-hydroxylation sites is 1. The number of nitrogens with two attached hydrogens (primary N) is 1. The molecule has 0 unspecified atom stereocenters. The molecular weight excluding hydrogens is 260 g/mol. The monoisotopic (exact) mass is 274 g/mol. The van der Waals surface area contributed by atoms with E-state index >= 15 is 0 Å². The third-order valence-corrected chi connectivity index (χ3v) is 2.55. The molecule has 104 valence electrons. The molecule has 0 aromatic heterocycles. The van der Waals surface area contributed by atoms with Crippen molar-refractivity contribution in [3.05, 3.63) is 52.6 Å². The molecule has 0 aliphatic rings. The Hall–Kier alpha value is -2.76. The van der Waals surface area contributed by atoms with Crippen molar-refractivity contribution >= 4 is 11.4 Å². The molecule has 2 rings (SSSR count). The molecule has 0 heterocycles. The molecule has 0 saturated heterocycles. The highest BCUT2D eigenvalue weighted by atomic mass is 16.6. The van der Waals surface area contributed by atoms with Crippen molar-refractivity contribution in [2.45, 2.75) is 6.92 Å². The number of anilines is 1. The van der Waals surface area contributed by atoms with Gasteiger partial charge in [-0.1, -0.05) is 6.07 Å². The highest BCUT2D eigenvalue weighted by molar-refractivity contribution is 5.58. The Morgan fingerprint density at radius 2 is 1.80 bits per heavy atom. The lowest BCUT2D eigenvalue weighted by Crippen LogP contribution is -1.99. The van der Waals surface area contributed by atoms with Crippen LogP contribution in [0.4, 0.5) is 11.4 Å². The fourth-order valence-electron chi connectivity index (χ4n) is 1.70. The van der Waals surface area contributed by atoms with Crippen LogP contribution >= 0.6 is 0 Å². The number of nitro groups is 1. The van der Waals surface area contributed by atoms with Gasteiger partial charge >= 0.3 is 5.69 Å². The van der Waals surface area contributed by atoms with E-state index in [1.165, 1.54) is 12.1 Å². The average Bonchev–Trinajstić information content (AvgIpc) is 2.41. The molecule has 0 aliphatic heterocycles. The second kappa shape index (κ2) is 5.92. The third-order valence-electron chi connectivity index (χ3n) is 2.55. The maximum Gasteiger partial charge on any atom is 0.352 e. The molecular formula is C14H14N2O4. The van der Waals surface area contributed by atoms with E-state index in [1.807, 2.05) is 0 Å². The maximum absolute atomic E-state index is 11.2. The first-order chi connectivity index (χ1) is 9.61. The Morgan fingerprint density at radius 3 is 2.40 bits per heavy atom. The Balaban J connectivity index is 2.37. The van der Waals surface area contributed by atoms with E-state index in [1.54, 1.807) is 37.3 Å². The lowest BCUT2D eigenvalue weighted by Gasteiger charge is -2.09. The van der Waals surface area contributed by atoms with E-state index in [0.29, 0.717) is 18.0 Å². The zero-order valence-electron chi connectivity index (χ0n) is 10.9. The van der Waals surface area contributed by atoms with E-state index in [2.05, 4.69) is 0 Å². The standard InChI is InChI=1S/C14H14N2O4/c1-2-19-12-4-3-5-13(14(12)16(17)18)20-11-8-6-10(15)7-9-11/h3-9H,2,15H2,1H3. The van der Waals surface area contributed by atoms with Crippen LogP contribution in [0.15, 0.2) is 42.5 Å². The average molecular weight is 274 g/mol. The Bertz CT molecular complexity index is 611. The summed E-state index contributed by atoms with van der Waals surface area (Å²) in [6, 6.07) is 11.3. The zero-order valence-corrected chi connectivity index (χ0v) is 10.9. The fraction of sp³-hybridized carbons (Fsp3) is 0.143. The van der Waals surface area contributed by atoms with Crippen LogP contribution < -0.4 is 15.2 Å². The van der Waals surface area contributed by atoms with Crippen molar-refractivity contribution in [2.75, 3.05) is 12.3 Å². The van der Waals surface area contributed by atoms with Gasteiger partial charge in [-0.05, 0) is 43.3 Å². The summed E-state index contributed by atoms with van der Waals surface area (Å²) in [5.74, 6) is 0.784. The summed E-state index contributed by atoms with van der Waals surface area (Å²) in [4.78, 5) is 10.7. The Labute approximate surface area is 115 Å². The van der Waals surface area contributed by atoms with Gasteiger partial charge in [0.15, 0.2) is 0 Å². The van der Waals surface area contributed by atoms with Gasteiger partial charge in [-0.15, -0.1) is 0 Å². The van der Waals surface area contributed by atoms with Gasteiger partial charge in [0.25, 0.3) is 0 Å². The minimum absolute atomic E-state index is 0.130. The lowest BCUT2D eigenvalue weighted by molar-refractivity contribution is -0.386. The number of benzene rings is 2. The van der Waals surface area contributed by atoms with Gasteiger partial charge < -0.3 is 15.2 Å². The Morgan fingerprint density at radius 1 is 1.15 bits per heavy atom. The summed E-state index contributed by atoms with van der Waals surface area (Å²) in [6.07, 6.45) is 0. The van der Waals surface area contributed by atoms with E-state index in [4.69, 9.17) is 15.2 Å². The quantitative estimate of drug-likeness (QED) is 0.513. The molecule has 0 atom stereocenters. The predicted octanol–water partition coefficient (Wildman–Crippen LogP) is 3.37. The van der Waals surface area contributed by atoms with Crippen LogP contribution in [0.3, 0.4) is 0 Å². The number of hydrogen-bond donors (Lipinski definition) is 1. The second-order valence-corrected chi connectivity index (χ2v) is 3.96. The first-order valence-corrected chi connectivity index (χ1v) is 6.05. The van der Waals surface area contributed by atoms with Crippen molar-refractivity contribution in [2.24, 2.45) is 0 Å². The van der Waals surface area contributed by atoms with Gasteiger partial charge in [0.1, 0.15) is 5.75 Å². The first-order valence-electron chi connectivity index (χ1n) is 6.05. The summed E-state index contributed by atoms with van der Waals surface area (Å²) in [5, 5.41) is 11.2. The number of nitro benzene ring substituents is 1. The number of rotatable bonds is 5. The minimum Gasteiger partial charge on any atom is -0.487 e. The van der Waals surface area contributed by atoms with Gasteiger partial charge in [0, 0.05) is 5.69 Å². The molecule has 2 N–H and O–H groups in total. The fourth-order valence-corrected chi connectivity index (χ4v) is 1.70. The van der Waals surface area contributed by atoms with Crippen LogP contribution in [0.1, 0.15) is 6.92 Å². The van der Waals surface area contributed by atoms with Crippen molar-refractivity contribution in [3.8, 4) is 17.2 Å². The normalized spacial score (nSPS) is 10.1. The van der Waals surface area contributed by atoms with Gasteiger partial charge in [0.05, 0.1) is 11.5 Å². The summed E-state index contributed by atoms with van der Waals surface area (Å²) >= 11 is 0. The molecule has 0 amide bonds. The molecule has 6 heteroatoms. The predicted molar refractivity (Wildman–Crippen MR) is 75.2 cm³/mol. The highest BCUT2D eigenvalue weighted by Gasteiger charge is 2.22. The number of ether oxygens (including phenoxy) is 2. The van der Waals surface area contributed by atoms with Crippen LogP contribution in [-0.4, -0.2) is 11.5 Å². The van der Waals surface area contributed by atoms with Crippen LogP contribution in [0, 0.1) is 10.1 Å². The van der Waals surface area contributed by atoms with E-state index in [-0.39, 0.29) is 17.2 Å². The zero-order chi connectivity index (χ0) is 14.5. The SMILES string of the molecule is CCOc1cccc(Oc2ccc(N)cc2)c1[N+](=O)[O-]. The number of hydrogen-bond acceptors (Lipinski definition) is 5. The largest absolute Gasteiger partial charge is 0.487 e. The topological polar surface area (TPSA) is 87.6 Å². The molecule has 0 saturated carbocycles. The number of nitrogen functional groups attached to an aromatic ring is 1. The van der Waals surface area contributed by atoms with Gasteiger partial charge in [-0.2, -0.15) is 0 Å². The van der Waals surface area contributed by atoms with Crippen molar-refractivity contribution in [1.82, 2.24) is 0 Å². The summed E-state index contributed by atoms with van der Waals surface area (Å²) < 4.78 is 10.8. The van der Waals surface area contributed by atoms with Gasteiger partial charge in [0.2, 0.25) is 11.5 Å². The molecule has 0 bridgehead atoms. The van der Waals surface area contributed by atoms with E-state index < -0.39 is 4.92 Å². The van der Waals surface area contributed by atoms with E-state index in [9.17, 15) is 10.1 Å². The Kier molecular flexibility index (Phi) is 4.05. The second-order valence-electron chi connectivity index (χ2n) is 3.96. The van der Waals surface area contributed by atoms with Crippen LogP contribution in [-0.2, 0) is 0 Å². The first kappa shape index (κ1) is 13.7. The van der Waals surface area contributed by atoms with Crippen LogP contribution in [0.2, 0.25) is 0 Å². The molecule has 0 fully saturated rings. The van der Waals surface area contributed by atoms with Crippen LogP contribution in [0.5, 0.6) is 17.2 Å². The highest BCUT2D eigenvalue weighted by Crippen LogP contribution is 2.38. The molecule has 20 heavy (non-hydrogen) atoms. The molecule has 2 aromatic carbocycles. The summed E-state index contributed by atoms with van der Waals surface area (Å²) in [5.41, 5.74) is 5.98. The van der Waals surface area contributed by atoms with Gasteiger partial charge in [-0.3, -0.25) is 10.1 Å². The van der Waals surface area contributed by atoms with Crippen molar-refractivity contribution in [3.63, 3.8) is 0 Å². The molecule has 6 nitrogen and oxygen atoms in total. The third kappa shape index (κ3) is 2.97. The lowest BCUT2D eigenvalue weighted by atomic mass is 10.2. The summed E-state index contributed by atoms with van der Waals surface area (Å²) in [6.45, 7) is 2.10. The van der Waals surface area contributed by atoms with E-state index in [0.717, 1.165) is 0 Å². The molecule has 0 radical (unpaired) electrons. The molecule has 0 spiro atoms. The van der Waals surface area contributed by atoms with Crippen molar-refractivity contribution < 1.29 is 14.4 Å². The number of nitrogens with zero attached hydrogens (tertiary/aromatic N) is 1. The molecule has 0 aliphatic carbocycles. The molecule has 2 aromatic rings. The smallest absolute Gasteiger partial charge is 0.352 e.